The van der Waals surface area contributed by atoms with Gasteiger partial charge in [-0.15, -0.1) is 0 Å². The highest BCUT2D eigenvalue weighted by Crippen LogP contribution is 2.36. The third-order valence-electron chi connectivity index (χ3n) is 3.62. The molecule has 0 aromatic heterocycles. The Morgan fingerprint density at radius 3 is 2.40 bits per heavy atom. The lowest BCUT2D eigenvalue weighted by molar-refractivity contribution is 0.247. The summed E-state index contributed by atoms with van der Waals surface area (Å²) >= 11 is 0. The van der Waals surface area contributed by atoms with E-state index >= 15 is 0 Å². The van der Waals surface area contributed by atoms with Gasteiger partial charge in [0.05, 0.1) is 0 Å². The summed E-state index contributed by atoms with van der Waals surface area (Å²) < 4.78 is 19.0. The molecule has 1 aliphatic rings. The predicted molar refractivity (Wildman–Crippen MR) is 64.5 cm³/mol. The molecule has 15 heavy (non-hydrogen) atoms. The van der Waals surface area contributed by atoms with Gasteiger partial charge in [0.25, 0.3) is 0 Å². The van der Waals surface area contributed by atoms with E-state index in [1.807, 2.05) is 0 Å². The van der Waals surface area contributed by atoms with Crippen molar-refractivity contribution in [2.24, 2.45) is 0 Å². The first kappa shape index (κ1) is 13.1. The standard InChI is InChI=1S/C11H24FNOSi/c1-11(2,3)15(4,5)14-8-10-6-9(12)7-13-10/h9-10,13H,6-8H2,1-5H3/t9?,10-/m0/s1. The van der Waals surface area contributed by atoms with E-state index in [1.54, 1.807) is 0 Å². The average Bonchev–Trinajstić information content (AvgIpc) is 2.46. The quantitative estimate of drug-likeness (QED) is 0.757. The predicted octanol–water partition coefficient (Wildman–Crippen LogP) is 2.71. The van der Waals surface area contributed by atoms with E-state index in [4.69, 9.17) is 4.43 Å². The summed E-state index contributed by atoms with van der Waals surface area (Å²) in [6.07, 6.45) is -0.0766. The third kappa shape index (κ3) is 3.54. The molecule has 0 aliphatic carbocycles. The minimum atomic E-state index is -1.66. The average molecular weight is 233 g/mol. The van der Waals surface area contributed by atoms with Crippen molar-refractivity contribution in [1.82, 2.24) is 5.32 Å². The summed E-state index contributed by atoms with van der Waals surface area (Å²) in [7, 11) is -1.66. The third-order valence-corrected chi connectivity index (χ3v) is 8.12. The maximum absolute atomic E-state index is 12.9. The smallest absolute Gasteiger partial charge is 0.192 e. The number of alkyl halides is 1. The molecular formula is C11H24FNOSi. The molecule has 2 nitrogen and oxygen atoms in total. The summed E-state index contributed by atoms with van der Waals surface area (Å²) in [5, 5.41) is 3.39. The molecule has 0 bridgehead atoms. The summed E-state index contributed by atoms with van der Waals surface area (Å²) in [4.78, 5) is 0. The zero-order valence-corrected chi connectivity index (χ0v) is 11.6. The molecular weight excluding hydrogens is 209 g/mol. The number of nitrogens with one attached hydrogen (secondary N) is 1. The monoisotopic (exact) mass is 233 g/mol. The van der Waals surface area contributed by atoms with Crippen LogP contribution < -0.4 is 5.32 Å². The summed E-state index contributed by atoms with van der Waals surface area (Å²) in [6, 6.07) is 0.217. The van der Waals surface area contributed by atoms with Crippen LogP contribution in [0, 0.1) is 0 Å². The Balaban J connectivity index is 2.36. The van der Waals surface area contributed by atoms with Crippen molar-refractivity contribution in [3.8, 4) is 0 Å². The van der Waals surface area contributed by atoms with Crippen LogP contribution in [0.2, 0.25) is 18.1 Å². The Bertz CT molecular complexity index is 215. The Hall–Kier alpha value is 0.0669. The Morgan fingerprint density at radius 1 is 1.40 bits per heavy atom. The van der Waals surface area contributed by atoms with Crippen LogP contribution in [0.1, 0.15) is 27.2 Å². The lowest BCUT2D eigenvalue weighted by Crippen LogP contribution is -2.43. The number of hydrogen-bond donors (Lipinski definition) is 1. The van der Waals surface area contributed by atoms with Crippen LogP contribution in [-0.2, 0) is 4.43 Å². The first-order chi connectivity index (χ1) is 6.72. The lowest BCUT2D eigenvalue weighted by atomic mass is 10.2. The van der Waals surface area contributed by atoms with E-state index < -0.39 is 14.5 Å². The molecule has 4 heteroatoms. The fraction of sp³-hybridized carbons (Fsp3) is 1.00. The van der Waals surface area contributed by atoms with Gasteiger partial charge in [0.2, 0.25) is 0 Å². The molecule has 1 rings (SSSR count). The van der Waals surface area contributed by atoms with Crippen molar-refractivity contribution in [3.05, 3.63) is 0 Å². The zero-order chi connectivity index (χ0) is 11.7. The van der Waals surface area contributed by atoms with Crippen LogP contribution in [0.5, 0.6) is 0 Å². The normalized spacial score (nSPS) is 28.4. The van der Waals surface area contributed by atoms with Crippen molar-refractivity contribution in [3.63, 3.8) is 0 Å². The van der Waals surface area contributed by atoms with Gasteiger partial charge in [-0.3, -0.25) is 0 Å². The second-order valence-corrected chi connectivity index (χ2v) is 10.8. The molecule has 1 saturated heterocycles. The van der Waals surface area contributed by atoms with Gasteiger partial charge in [0.15, 0.2) is 8.32 Å². The molecule has 0 radical (unpaired) electrons. The maximum Gasteiger partial charge on any atom is 0.192 e. The molecule has 90 valence electrons. The molecule has 1 fully saturated rings. The van der Waals surface area contributed by atoms with E-state index in [-0.39, 0.29) is 11.1 Å². The van der Waals surface area contributed by atoms with Gasteiger partial charge in [0.1, 0.15) is 6.17 Å². The van der Waals surface area contributed by atoms with Crippen LogP contribution >= 0.6 is 0 Å². The van der Waals surface area contributed by atoms with Gasteiger partial charge in [0, 0.05) is 19.2 Å². The number of halogens is 1. The molecule has 0 aromatic carbocycles. The van der Waals surface area contributed by atoms with Crippen LogP contribution in [0.15, 0.2) is 0 Å². The van der Waals surface area contributed by atoms with Crippen molar-refractivity contribution in [1.29, 1.82) is 0 Å². The van der Waals surface area contributed by atoms with E-state index in [2.05, 4.69) is 39.2 Å². The van der Waals surface area contributed by atoms with E-state index in [0.29, 0.717) is 19.6 Å². The number of hydrogen-bond acceptors (Lipinski definition) is 2. The molecule has 0 amide bonds. The Morgan fingerprint density at radius 2 is 2.00 bits per heavy atom. The largest absolute Gasteiger partial charge is 0.415 e. The topological polar surface area (TPSA) is 21.3 Å². The van der Waals surface area contributed by atoms with Crippen molar-refractivity contribution >= 4 is 8.32 Å². The van der Waals surface area contributed by atoms with Crippen molar-refractivity contribution in [2.45, 2.75) is 57.5 Å². The van der Waals surface area contributed by atoms with Crippen molar-refractivity contribution < 1.29 is 8.82 Å². The highest BCUT2D eigenvalue weighted by Gasteiger charge is 2.38. The van der Waals surface area contributed by atoms with Crippen LogP contribution in [0.25, 0.3) is 0 Å². The molecule has 1 aliphatic heterocycles. The van der Waals surface area contributed by atoms with Gasteiger partial charge < -0.3 is 9.74 Å². The highest BCUT2D eigenvalue weighted by molar-refractivity contribution is 6.74. The molecule has 0 saturated carbocycles. The fourth-order valence-corrected chi connectivity index (χ4v) is 2.47. The molecule has 1 unspecified atom stereocenters. The molecule has 1 heterocycles. The molecule has 0 aromatic rings. The summed E-state index contributed by atoms with van der Waals surface area (Å²) in [6.45, 7) is 12.3. The fourth-order valence-electron chi connectivity index (χ4n) is 1.42. The zero-order valence-electron chi connectivity index (χ0n) is 10.6. The van der Waals surface area contributed by atoms with Gasteiger partial charge in [-0.2, -0.15) is 0 Å². The summed E-state index contributed by atoms with van der Waals surface area (Å²) in [5.41, 5.74) is 0. The Kier molecular flexibility index (Phi) is 3.95. The molecule has 1 N–H and O–H groups in total. The van der Waals surface area contributed by atoms with Crippen LogP contribution in [0.4, 0.5) is 4.39 Å². The van der Waals surface area contributed by atoms with Crippen LogP contribution in [-0.4, -0.2) is 33.7 Å². The van der Waals surface area contributed by atoms with E-state index in [1.165, 1.54) is 0 Å². The van der Waals surface area contributed by atoms with Gasteiger partial charge in [-0.05, 0) is 24.6 Å². The molecule has 2 atom stereocenters. The number of rotatable bonds is 3. The minimum absolute atomic E-state index is 0.217. The van der Waals surface area contributed by atoms with E-state index in [0.717, 1.165) is 0 Å². The first-order valence-electron chi connectivity index (χ1n) is 5.74. The molecule has 0 spiro atoms. The van der Waals surface area contributed by atoms with Gasteiger partial charge >= 0.3 is 0 Å². The van der Waals surface area contributed by atoms with Crippen LogP contribution in [0.3, 0.4) is 0 Å². The lowest BCUT2D eigenvalue weighted by Gasteiger charge is -2.36. The van der Waals surface area contributed by atoms with E-state index in [9.17, 15) is 4.39 Å². The van der Waals surface area contributed by atoms with Gasteiger partial charge in [-0.25, -0.2) is 4.39 Å². The minimum Gasteiger partial charge on any atom is -0.415 e. The maximum atomic E-state index is 12.9. The second-order valence-electron chi connectivity index (χ2n) is 6.01. The Labute approximate surface area is 93.7 Å². The highest BCUT2D eigenvalue weighted by atomic mass is 28.4. The van der Waals surface area contributed by atoms with Crippen molar-refractivity contribution in [2.75, 3.05) is 13.2 Å². The SMILES string of the molecule is CC(C)(C)[Si](C)(C)OC[C@@H]1CC(F)CN1. The summed E-state index contributed by atoms with van der Waals surface area (Å²) in [5.74, 6) is 0. The second kappa shape index (κ2) is 4.51. The van der Waals surface area contributed by atoms with Gasteiger partial charge in [-0.1, -0.05) is 20.8 Å². The first-order valence-corrected chi connectivity index (χ1v) is 8.64.